The van der Waals surface area contributed by atoms with Crippen molar-refractivity contribution in [1.29, 1.82) is 0 Å². The normalized spacial score (nSPS) is 8.67. The fourth-order valence-electron chi connectivity index (χ4n) is 0.803. The van der Waals surface area contributed by atoms with Gasteiger partial charge in [-0.1, -0.05) is 0 Å². The Morgan fingerprint density at radius 3 is 1.33 bits per heavy atom. The van der Waals surface area contributed by atoms with Crippen LogP contribution in [0.25, 0.3) is 0 Å². The lowest BCUT2D eigenvalue weighted by molar-refractivity contribution is -0.124. The fourth-order valence-corrected chi connectivity index (χ4v) is 0.803. The number of Topliss-reactive ketones (excluding diaryl/α,β-unsaturated/α-hetero) is 2. The molecule has 0 aromatic heterocycles. The van der Waals surface area contributed by atoms with Crippen LogP contribution in [0.4, 0.5) is 0 Å². The van der Waals surface area contributed by atoms with Gasteiger partial charge in [-0.3, -0.25) is 9.59 Å². The predicted molar refractivity (Wildman–Crippen MR) is 55.8 cm³/mol. The lowest BCUT2D eigenvalue weighted by Crippen LogP contribution is -1.97. The molecule has 0 radical (unpaired) electrons. The Bertz CT molecular complexity index is 294. The standard InChI is InChI=1S/C6H6O2.C5H8O2/c7-5-1-2-6(8)4-3-5;1-4(6)3-5(2)7/h1-4,7-8H;3H2,1-2H3. The molecule has 0 aliphatic heterocycles. The van der Waals surface area contributed by atoms with Crippen LogP contribution in [0.3, 0.4) is 0 Å². The van der Waals surface area contributed by atoms with Gasteiger partial charge in [0.1, 0.15) is 23.1 Å². The molecule has 4 heteroatoms. The number of aromatic hydroxyl groups is 2. The molecule has 0 heterocycles. The van der Waals surface area contributed by atoms with Gasteiger partial charge >= 0.3 is 0 Å². The van der Waals surface area contributed by atoms with E-state index in [1.165, 1.54) is 38.1 Å². The van der Waals surface area contributed by atoms with E-state index in [1.807, 2.05) is 0 Å². The van der Waals surface area contributed by atoms with Crippen LogP contribution < -0.4 is 0 Å². The molecule has 0 spiro atoms. The van der Waals surface area contributed by atoms with Gasteiger partial charge in [-0.15, -0.1) is 0 Å². The van der Waals surface area contributed by atoms with Gasteiger partial charge < -0.3 is 10.2 Å². The molecule has 15 heavy (non-hydrogen) atoms. The van der Waals surface area contributed by atoms with Crippen LogP contribution in [0.2, 0.25) is 0 Å². The molecule has 0 saturated carbocycles. The summed E-state index contributed by atoms with van der Waals surface area (Å²) in [5, 5.41) is 17.3. The molecule has 1 aromatic rings. The highest BCUT2D eigenvalue weighted by atomic mass is 16.3. The van der Waals surface area contributed by atoms with Crippen LogP contribution in [0.1, 0.15) is 20.3 Å². The summed E-state index contributed by atoms with van der Waals surface area (Å²) in [6.45, 7) is 2.81. The van der Waals surface area contributed by atoms with Crippen molar-refractivity contribution in [2.75, 3.05) is 0 Å². The maximum Gasteiger partial charge on any atom is 0.137 e. The Balaban J connectivity index is 0.000000265. The van der Waals surface area contributed by atoms with Gasteiger partial charge in [-0.25, -0.2) is 0 Å². The fraction of sp³-hybridized carbons (Fsp3) is 0.273. The first-order valence-electron chi connectivity index (χ1n) is 4.38. The minimum Gasteiger partial charge on any atom is -0.508 e. The van der Waals surface area contributed by atoms with Gasteiger partial charge in [0.25, 0.3) is 0 Å². The molecule has 0 aliphatic carbocycles. The summed E-state index contributed by atoms with van der Waals surface area (Å²) in [6.07, 6.45) is 0.0833. The zero-order valence-electron chi connectivity index (χ0n) is 8.73. The second-order valence-corrected chi connectivity index (χ2v) is 3.10. The Kier molecular flexibility index (Phi) is 5.78. The summed E-state index contributed by atoms with van der Waals surface area (Å²) in [5.41, 5.74) is 0. The van der Waals surface area contributed by atoms with E-state index in [2.05, 4.69) is 0 Å². The molecule has 0 amide bonds. The lowest BCUT2D eigenvalue weighted by Gasteiger charge is -1.88. The molecule has 0 bridgehead atoms. The Morgan fingerprint density at radius 1 is 0.933 bits per heavy atom. The van der Waals surface area contributed by atoms with Crippen LogP contribution in [0.15, 0.2) is 24.3 Å². The third kappa shape index (κ3) is 8.49. The van der Waals surface area contributed by atoms with Gasteiger partial charge in [-0.2, -0.15) is 0 Å². The second-order valence-electron chi connectivity index (χ2n) is 3.10. The van der Waals surface area contributed by atoms with Crippen molar-refractivity contribution >= 4 is 11.6 Å². The molecule has 4 nitrogen and oxygen atoms in total. The van der Waals surface area contributed by atoms with Crippen molar-refractivity contribution in [3.63, 3.8) is 0 Å². The minimum atomic E-state index is -0.0625. The highest BCUT2D eigenvalue weighted by Crippen LogP contribution is 2.13. The lowest BCUT2D eigenvalue weighted by atomic mass is 10.2. The van der Waals surface area contributed by atoms with E-state index in [0.29, 0.717) is 0 Å². The van der Waals surface area contributed by atoms with E-state index in [0.717, 1.165) is 0 Å². The number of carbonyl (C=O) groups excluding carboxylic acids is 2. The number of phenols is 2. The van der Waals surface area contributed by atoms with Gasteiger partial charge in [0.2, 0.25) is 0 Å². The van der Waals surface area contributed by atoms with Gasteiger partial charge in [0, 0.05) is 0 Å². The number of carbonyl (C=O) groups is 2. The molecular weight excluding hydrogens is 196 g/mol. The third-order valence-electron chi connectivity index (χ3n) is 1.35. The average Bonchev–Trinajstić information content (AvgIpc) is 2.09. The van der Waals surface area contributed by atoms with E-state index in [-0.39, 0.29) is 29.5 Å². The number of benzene rings is 1. The number of hydrogen-bond acceptors (Lipinski definition) is 4. The minimum absolute atomic E-state index is 0.0625. The van der Waals surface area contributed by atoms with Crippen molar-refractivity contribution in [2.45, 2.75) is 20.3 Å². The van der Waals surface area contributed by atoms with Crippen molar-refractivity contribution in [1.82, 2.24) is 0 Å². The van der Waals surface area contributed by atoms with E-state index in [4.69, 9.17) is 10.2 Å². The summed E-state index contributed by atoms with van der Waals surface area (Å²) in [5.74, 6) is 0.214. The summed E-state index contributed by atoms with van der Waals surface area (Å²) in [7, 11) is 0. The maximum absolute atomic E-state index is 10.0. The number of ketones is 2. The summed E-state index contributed by atoms with van der Waals surface area (Å²) < 4.78 is 0. The van der Waals surface area contributed by atoms with E-state index in [9.17, 15) is 9.59 Å². The Labute approximate surface area is 88.2 Å². The van der Waals surface area contributed by atoms with Crippen LogP contribution >= 0.6 is 0 Å². The molecule has 1 rings (SSSR count). The zero-order valence-corrected chi connectivity index (χ0v) is 8.73. The van der Waals surface area contributed by atoms with E-state index < -0.39 is 0 Å². The highest BCUT2D eigenvalue weighted by Gasteiger charge is 1.94. The van der Waals surface area contributed by atoms with Crippen LogP contribution in [-0.2, 0) is 9.59 Å². The summed E-state index contributed by atoms with van der Waals surface area (Å²) in [4.78, 5) is 20.1. The van der Waals surface area contributed by atoms with Crippen LogP contribution in [-0.4, -0.2) is 21.8 Å². The van der Waals surface area contributed by atoms with Gasteiger partial charge in [-0.05, 0) is 38.1 Å². The predicted octanol–water partition coefficient (Wildman–Crippen LogP) is 1.65. The third-order valence-corrected chi connectivity index (χ3v) is 1.35. The van der Waals surface area contributed by atoms with Crippen molar-refractivity contribution in [3.8, 4) is 11.5 Å². The van der Waals surface area contributed by atoms with Gasteiger partial charge in [0.05, 0.1) is 6.42 Å². The Hall–Kier alpha value is -1.84. The monoisotopic (exact) mass is 210 g/mol. The molecule has 2 N–H and O–H groups in total. The molecule has 0 fully saturated rings. The zero-order chi connectivity index (χ0) is 11.8. The smallest absolute Gasteiger partial charge is 0.137 e. The highest BCUT2D eigenvalue weighted by molar-refractivity contribution is 5.96. The SMILES string of the molecule is CC(=O)CC(C)=O.Oc1ccc(O)cc1. The second kappa shape index (κ2) is 6.59. The molecule has 0 unspecified atom stereocenters. The molecule has 0 aliphatic rings. The summed E-state index contributed by atoms with van der Waals surface area (Å²) in [6, 6.07) is 5.70. The van der Waals surface area contributed by atoms with E-state index >= 15 is 0 Å². The average molecular weight is 210 g/mol. The number of phenolic OH excluding ortho intramolecular Hbond substituents is 2. The first-order valence-corrected chi connectivity index (χ1v) is 4.38. The maximum atomic E-state index is 10.0. The van der Waals surface area contributed by atoms with E-state index in [1.54, 1.807) is 0 Å². The topological polar surface area (TPSA) is 74.6 Å². The molecule has 0 saturated heterocycles. The first-order chi connectivity index (χ1) is 6.91. The number of hydrogen-bond donors (Lipinski definition) is 2. The molecule has 82 valence electrons. The van der Waals surface area contributed by atoms with Crippen molar-refractivity contribution in [2.24, 2.45) is 0 Å². The summed E-state index contributed by atoms with van der Waals surface area (Å²) >= 11 is 0. The van der Waals surface area contributed by atoms with Crippen molar-refractivity contribution in [3.05, 3.63) is 24.3 Å². The van der Waals surface area contributed by atoms with Crippen LogP contribution in [0, 0.1) is 0 Å². The Morgan fingerprint density at radius 2 is 1.20 bits per heavy atom. The molecular formula is C11H14O4. The number of rotatable bonds is 2. The van der Waals surface area contributed by atoms with Crippen LogP contribution in [0.5, 0.6) is 11.5 Å². The van der Waals surface area contributed by atoms with Crippen molar-refractivity contribution < 1.29 is 19.8 Å². The largest absolute Gasteiger partial charge is 0.508 e. The quantitative estimate of drug-likeness (QED) is 0.575. The molecule has 0 atom stereocenters. The molecule has 1 aromatic carbocycles. The first kappa shape index (κ1) is 13.2. The van der Waals surface area contributed by atoms with Gasteiger partial charge in [0.15, 0.2) is 0 Å².